The summed E-state index contributed by atoms with van der Waals surface area (Å²) in [6.07, 6.45) is 5.22. The molecular weight excluding hydrogens is 296 g/mol. The zero-order valence-electron chi connectivity index (χ0n) is 14.0. The molecule has 2 aromatic rings. The van der Waals surface area contributed by atoms with Crippen LogP contribution in [0.3, 0.4) is 0 Å². The summed E-state index contributed by atoms with van der Waals surface area (Å²) in [5.74, 6) is 0.950. The van der Waals surface area contributed by atoms with E-state index < -0.39 is 0 Å². The number of nitriles is 1. The van der Waals surface area contributed by atoms with Crippen LogP contribution in [0.2, 0.25) is 0 Å². The lowest BCUT2D eigenvalue weighted by molar-refractivity contribution is 0.0662. The summed E-state index contributed by atoms with van der Waals surface area (Å²) in [4.78, 5) is 2.53. The first-order valence-electron chi connectivity index (χ1n) is 8.72. The second-order valence-electron chi connectivity index (χ2n) is 6.98. The Kier molecular flexibility index (Phi) is 4.00. The molecular formula is C21H22N2O. The Morgan fingerprint density at radius 1 is 1.00 bits per heavy atom. The molecule has 0 aliphatic carbocycles. The van der Waals surface area contributed by atoms with Gasteiger partial charge >= 0.3 is 0 Å². The number of rotatable bonds is 3. The molecule has 2 heterocycles. The van der Waals surface area contributed by atoms with Crippen LogP contribution in [-0.2, 0) is 0 Å². The van der Waals surface area contributed by atoms with Gasteiger partial charge in [-0.15, -0.1) is 0 Å². The van der Waals surface area contributed by atoms with Crippen LogP contribution in [0.5, 0.6) is 5.75 Å². The summed E-state index contributed by atoms with van der Waals surface area (Å²) < 4.78 is 6.31. The van der Waals surface area contributed by atoms with Crippen molar-refractivity contribution in [1.82, 2.24) is 4.90 Å². The van der Waals surface area contributed by atoms with Crippen molar-refractivity contribution in [1.29, 1.82) is 5.26 Å². The molecule has 4 rings (SSSR count). The number of benzene rings is 2. The van der Waals surface area contributed by atoms with E-state index in [1.54, 1.807) is 0 Å². The summed E-state index contributed by atoms with van der Waals surface area (Å²) in [5, 5.41) is 8.92. The van der Waals surface area contributed by atoms with Gasteiger partial charge in [0, 0.05) is 12.1 Å². The van der Waals surface area contributed by atoms with Gasteiger partial charge in [0.2, 0.25) is 0 Å². The molecule has 2 aliphatic rings. The number of piperidine rings is 1. The SMILES string of the molecule is CN1[C@@H]2CC[C@H]1C[C@H](Oc1cccc(-c3ccc(C#N)cc3)c1)C2. The molecule has 0 aromatic heterocycles. The van der Waals surface area contributed by atoms with E-state index in [1.165, 1.54) is 12.8 Å². The van der Waals surface area contributed by atoms with Crippen LogP contribution in [0.1, 0.15) is 31.2 Å². The summed E-state index contributed by atoms with van der Waals surface area (Å²) in [6.45, 7) is 0. The molecule has 2 fully saturated rings. The highest BCUT2D eigenvalue weighted by Crippen LogP contribution is 2.36. The highest BCUT2D eigenvalue weighted by atomic mass is 16.5. The van der Waals surface area contributed by atoms with E-state index in [0.29, 0.717) is 23.8 Å². The fraction of sp³-hybridized carbons (Fsp3) is 0.381. The molecule has 2 aromatic carbocycles. The maximum absolute atomic E-state index is 8.92. The van der Waals surface area contributed by atoms with E-state index in [9.17, 15) is 0 Å². The van der Waals surface area contributed by atoms with Crippen LogP contribution in [0.25, 0.3) is 11.1 Å². The van der Waals surface area contributed by atoms with Crippen molar-refractivity contribution in [3.63, 3.8) is 0 Å². The smallest absolute Gasteiger partial charge is 0.120 e. The van der Waals surface area contributed by atoms with Crippen molar-refractivity contribution >= 4 is 0 Å². The first kappa shape index (κ1) is 15.2. The standard InChI is InChI=1S/C21H22N2O/c1-23-18-9-10-19(23)13-21(12-18)24-20-4-2-3-17(11-20)16-7-5-15(14-22)6-8-16/h2-8,11,18-19,21H,9-10,12-13H2,1H3/t18-,19+,21-. The molecule has 0 amide bonds. The predicted molar refractivity (Wildman–Crippen MR) is 94.8 cm³/mol. The first-order valence-corrected chi connectivity index (χ1v) is 8.72. The first-order chi connectivity index (χ1) is 11.7. The summed E-state index contributed by atoms with van der Waals surface area (Å²) in [6, 6.07) is 19.5. The van der Waals surface area contributed by atoms with Crippen LogP contribution in [0.15, 0.2) is 48.5 Å². The Morgan fingerprint density at radius 2 is 1.71 bits per heavy atom. The Hall–Kier alpha value is -2.31. The normalized spacial score (nSPS) is 26.1. The molecule has 2 saturated heterocycles. The van der Waals surface area contributed by atoms with Gasteiger partial charge < -0.3 is 9.64 Å². The largest absolute Gasteiger partial charge is 0.490 e. The van der Waals surface area contributed by atoms with Crippen LogP contribution in [0.4, 0.5) is 0 Å². The minimum absolute atomic E-state index is 0.329. The molecule has 0 radical (unpaired) electrons. The minimum Gasteiger partial charge on any atom is -0.490 e. The van der Waals surface area contributed by atoms with E-state index in [4.69, 9.17) is 10.00 Å². The van der Waals surface area contributed by atoms with E-state index in [0.717, 1.165) is 29.7 Å². The van der Waals surface area contributed by atoms with Gasteiger partial charge in [0.15, 0.2) is 0 Å². The predicted octanol–water partition coefficient (Wildman–Crippen LogP) is 4.23. The number of hydrogen-bond acceptors (Lipinski definition) is 3. The van der Waals surface area contributed by atoms with Crippen LogP contribution < -0.4 is 4.74 Å². The van der Waals surface area contributed by atoms with Gasteiger partial charge in [0.05, 0.1) is 11.6 Å². The van der Waals surface area contributed by atoms with E-state index in [1.807, 2.05) is 36.4 Å². The summed E-state index contributed by atoms with van der Waals surface area (Å²) >= 11 is 0. The summed E-state index contributed by atoms with van der Waals surface area (Å²) in [7, 11) is 2.25. The van der Waals surface area contributed by atoms with Crippen LogP contribution in [-0.4, -0.2) is 30.1 Å². The molecule has 0 saturated carbocycles. The monoisotopic (exact) mass is 318 g/mol. The Balaban J connectivity index is 1.50. The zero-order chi connectivity index (χ0) is 16.5. The van der Waals surface area contributed by atoms with Crippen molar-refractivity contribution in [3.05, 3.63) is 54.1 Å². The molecule has 0 unspecified atom stereocenters. The van der Waals surface area contributed by atoms with Crippen molar-refractivity contribution in [2.45, 2.75) is 43.9 Å². The molecule has 24 heavy (non-hydrogen) atoms. The topological polar surface area (TPSA) is 36.3 Å². The Bertz CT molecular complexity index is 748. The van der Waals surface area contributed by atoms with Crippen LogP contribution >= 0.6 is 0 Å². The quantitative estimate of drug-likeness (QED) is 0.849. The van der Waals surface area contributed by atoms with Gasteiger partial charge in [0.1, 0.15) is 11.9 Å². The van der Waals surface area contributed by atoms with Gasteiger partial charge in [0.25, 0.3) is 0 Å². The minimum atomic E-state index is 0.329. The zero-order valence-corrected chi connectivity index (χ0v) is 14.0. The van der Waals surface area contributed by atoms with Gasteiger partial charge in [-0.3, -0.25) is 0 Å². The van der Waals surface area contributed by atoms with Crippen molar-refractivity contribution in [2.75, 3.05) is 7.05 Å². The fourth-order valence-corrected chi connectivity index (χ4v) is 4.14. The lowest BCUT2D eigenvalue weighted by Crippen LogP contribution is -2.43. The number of fused-ring (bicyclic) bond motifs is 2. The van der Waals surface area contributed by atoms with E-state index in [-0.39, 0.29) is 0 Å². The molecule has 2 bridgehead atoms. The molecule has 0 N–H and O–H groups in total. The van der Waals surface area contributed by atoms with Gasteiger partial charge in [-0.05, 0) is 68.1 Å². The molecule has 3 nitrogen and oxygen atoms in total. The number of hydrogen-bond donors (Lipinski definition) is 0. The highest BCUT2D eigenvalue weighted by Gasteiger charge is 2.39. The molecule has 0 spiro atoms. The van der Waals surface area contributed by atoms with Gasteiger partial charge in [-0.2, -0.15) is 5.26 Å². The van der Waals surface area contributed by atoms with Gasteiger partial charge in [-0.1, -0.05) is 24.3 Å². The molecule has 2 aliphatic heterocycles. The van der Waals surface area contributed by atoms with Gasteiger partial charge in [-0.25, -0.2) is 0 Å². The molecule has 3 heteroatoms. The molecule has 3 atom stereocenters. The van der Waals surface area contributed by atoms with Crippen LogP contribution in [0, 0.1) is 11.3 Å². The third kappa shape index (κ3) is 2.90. The maximum atomic E-state index is 8.92. The highest BCUT2D eigenvalue weighted by molar-refractivity contribution is 5.65. The van der Waals surface area contributed by atoms with Crippen molar-refractivity contribution < 1.29 is 4.74 Å². The average molecular weight is 318 g/mol. The second-order valence-corrected chi connectivity index (χ2v) is 6.98. The third-order valence-corrected chi connectivity index (χ3v) is 5.54. The lowest BCUT2D eigenvalue weighted by Gasteiger charge is -2.36. The fourth-order valence-electron chi connectivity index (χ4n) is 4.14. The van der Waals surface area contributed by atoms with Crippen molar-refractivity contribution in [3.8, 4) is 22.9 Å². The second kappa shape index (κ2) is 6.30. The van der Waals surface area contributed by atoms with Crippen molar-refractivity contribution in [2.24, 2.45) is 0 Å². The number of ether oxygens (including phenoxy) is 1. The third-order valence-electron chi connectivity index (χ3n) is 5.54. The Morgan fingerprint density at radius 3 is 2.38 bits per heavy atom. The van der Waals surface area contributed by atoms with E-state index >= 15 is 0 Å². The number of nitrogens with zero attached hydrogens (tertiary/aromatic N) is 2. The lowest BCUT2D eigenvalue weighted by atomic mass is 10.00. The molecule has 122 valence electrons. The Labute approximate surface area is 143 Å². The summed E-state index contributed by atoms with van der Waals surface area (Å²) in [5.41, 5.74) is 2.93. The van der Waals surface area contributed by atoms with E-state index in [2.05, 4.69) is 30.1 Å². The maximum Gasteiger partial charge on any atom is 0.120 e. The average Bonchev–Trinajstić information content (AvgIpc) is 2.83.